The van der Waals surface area contributed by atoms with Gasteiger partial charge in [0.05, 0.1) is 22.8 Å². The zero-order valence-electron chi connectivity index (χ0n) is 15.6. The maximum absolute atomic E-state index is 12.9. The first kappa shape index (κ1) is 17.2. The van der Waals surface area contributed by atoms with Crippen LogP contribution in [0.2, 0.25) is 0 Å². The van der Waals surface area contributed by atoms with Crippen molar-refractivity contribution in [2.45, 2.75) is 37.5 Å². The Labute approximate surface area is 162 Å². The van der Waals surface area contributed by atoms with Gasteiger partial charge in [-0.3, -0.25) is 9.78 Å². The van der Waals surface area contributed by atoms with Gasteiger partial charge in [0.25, 0.3) is 11.8 Å². The molecular weight excluding hydrogens is 356 g/mol. The Bertz CT molecular complexity index is 949. The lowest BCUT2D eigenvalue weighted by Gasteiger charge is -2.41. The lowest BCUT2D eigenvalue weighted by molar-refractivity contribution is 0.0606. The van der Waals surface area contributed by atoms with Crippen molar-refractivity contribution in [3.8, 4) is 11.5 Å². The molecule has 0 aromatic carbocycles. The average molecular weight is 378 g/mol. The molecule has 4 heterocycles. The van der Waals surface area contributed by atoms with Crippen molar-refractivity contribution < 1.29 is 13.7 Å². The molecule has 2 fully saturated rings. The van der Waals surface area contributed by atoms with Crippen LogP contribution in [0, 0.1) is 5.92 Å². The van der Waals surface area contributed by atoms with Gasteiger partial charge in [0, 0.05) is 25.5 Å². The van der Waals surface area contributed by atoms with E-state index in [0.717, 1.165) is 31.4 Å². The first-order valence-corrected chi connectivity index (χ1v) is 9.80. The van der Waals surface area contributed by atoms with Crippen LogP contribution < -0.4 is 0 Å². The summed E-state index contributed by atoms with van der Waals surface area (Å²) in [6.45, 7) is 1.35. The van der Waals surface area contributed by atoms with Gasteiger partial charge >= 0.3 is 0 Å². The molecule has 0 spiro atoms. The van der Waals surface area contributed by atoms with Crippen molar-refractivity contribution in [3.05, 3.63) is 54.5 Å². The molecule has 1 amide bonds. The first-order chi connectivity index (χ1) is 13.7. The fourth-order valence-electron chi connectivity index (χ4n) is 4.23. The minimum absolute atomic E-state index is 0.00426. The highest BCUT2D eigenvalue weighted by molar-refractivity contribution is 5.94. The van der Waals surface area contributed by atoms with Gasteiger partial charge in [-0.25, -0.2) is 0 Å². The molecule has 7 nitrogen and oxygen atoms in total. The summed E-state index contributed by atoms with van der Waals surface area (Å²) in [6.07, 6.45) is 11.8. The third kappa shape index (κ3) is 3.21. The summed E-state index contributed by atoms with van der Waals surface area (Å²) >= 11 is 0. The van der Waals surface area contributed by atoms with Crippen LogP contribution in [-0.4, -0.2) is 39.0 Å². The number of pyridine rings is 1. The predicted octanol–water partition coefficient (Wildman–Crippen LogP) is 3.70. The molecule has 1 saturated carbocycles. The van der Waals surface area contributed by atoms with Crippen LogP contribution in [0.4, 0.5) is 0 Å². The van der Waals surface area contributed by atoms with Crippen LogP contribution in [0.25, 0.3) is 11.5 Å². The Balaban J connectivity index is 1.45. The largest absolute Gasteiger partial charge is 0.472 e. The zero-order chi connectivity index (χ0) is 19.0. The maximum atomic E-state index is 12.9. The second kappa shape index (κ2) is 6.89. The van der Waals surface area contributed by atoms with Crippen LogP contribution in [0.5, 0.6) is 0 Å². The molecule has 0 bridgehead atoms. The van der Waals surface area contributed by atoms with Crippen LogP contribution >= 0.6 is 0 Å². The second-order valence-corrected chi connectivity index (χ2v) is 7.93. The Hall–Kier alpha value is -2.96. The quantitative estimate of drug-likeness (QED) is 0.673. The van der Waals surface area contributed by atoms with Gasteiger partial charge in [-0.05, 0) is 43.4 Å². The number of carbonyl (C=O) groups is 1. The summed E-state index contributed by atoms with van der Waals surface area (Å²) < 4.78 is 10.7. The van der Waals surface area contributed by atoms with Crippen LogP contribution in [0.3, 0.4) is 0 Å². The number of likely N-dealkylation sites (tertiary alicyclic amines) is 1. The van der Waals surface area contributed by atoms with E-state index in [1.54, 1.807) is 18.5 Å². The number of aromatic nitrogens is 3. The van der Waals surface area contributed by atoms with Gasteiger partial charge in [-0.15, -0.1) is 0 Å². The molecule has 0 N–H and O–H groups in total. The normalized spacial score (nSPS) is 22.4. The molecule has 1 aliphatic carbocycles. The van der Waals surface area contributed by atoms with Gasteiger partial charge in [0.2, 0.25) is 0 Å². The van der Waals surface area contributed by atoms with Crippen molar-refractivity contribution in [2.24, 2.45) is 5.92 Å². The second-order valence-electron chi connectivity index (χ2n) is 7.93. The zero-order valence-corrected chi connectivity index (χ0v) is 15.6. The van der Waals surface area contributed by atoms with Crippen molar-refractivity contribution in [2.75, 3.05) is 13.1 Å². The molecular formula is C21H22N4O3. The molecule has 1 aliphatic heterocycles. The molecule has 1 saturated heterocycles. The number of hydrogen-bond donors (Lipinski definition) is 0. The standard InChI is InChI=1S/C21H22N4O3/c26-19(17-6-10-27-13-17)25-9-2-7-21(14-25,11-15-4-5-15)20-23-18(28-24-20)16-3-1-8-22-12-16/h1,3,6,8,10,12-13,15H,2,4-5,7,9,11,14H2. The summed E-state index contributed by atoms with van der Waals surface area (Å²) in [5.41, 5.74) is 1.14. The summed E-state index contributed by atoms with van der Waals surface area (Å²) in [5.74, 6) is 1.88. The van der Waals surface area contributed by atoms with E-state index in [1.807, 2.05) is 17.0 Å². The molecule has 2 aliphatic rings. The van der Waals surface area contributed by atoms with Gasteiger partial charge in [0.15, 0.2) is 5.82 Å². The highest BCUT2D eigenvalue weighted by Crippen LogP contribution is 2.46. The minimum atomic E-state index is -0.261. The monoisotopic (exact) mass is 378 g/mol. The fraction of sp³-hybridized carbons (Fsp3) is 0.429. The number of hydrogen-bond acceptors (Lipinski definition) is 6. The summed E-state index contributed by atoms with van der Waals surface area (Å²) in [4.78, 5) is 23.7. The Morgan fingerprint density at radius 3 is 3.00 bits per heavy atom. The van der Waals surface area contributed by atoms with E-state index in [9.17, 15) is 4.79 Å². The average Bonchev–Trinajstić information content (AvgIpc) is 3.20. The van der Waals surface area contributed by atoms with E-state index in [4.69, 9.17) is 13.9 Å². The third-order valence-corrected chi connectivity index (χ3v) is 5.82. The number of rotatable bonds is 5. The topological polar surface area (TPSA) is 85.3 Å². The number of furan rings is 1. The van der Waals surface area contributed by atoms with Gasteiger partial charge in [-0.2, -0.15) is 4.98 Å². The molecule has 0 radical (unpaired) electrons. The number of amides is 1. The molecule has 1 unspecified atom stereocenters. The number of piperidine rings is 1. The van der Waals surface area contributed by atoms with Gasteiger partial charge in [0.1, 0.15) is 6.26 Å². The van der Waals surface area contributed by atoms with Crippen molar-refractivity contribution in [3.63, 3.8) is 0 Å². The van der Waals surface area contributed by atoms with Gasteiger partial charge in [-0.1, -0.05) is 18.0 Å². The molecule has 28 heavy (non-hydrogen) atoms. The SMILES string of the molecule is O=C(c1ccoc1)N1CCCC(CC2CC2)(c2noc(-c3cccnc3)n2)C1. The third-order valence-electron chi connectivity index (χ3n) is 5.82. The van der Waals surface area contributed by atoms with E-state index >= 15 is 0 Å². The molecule has 7 heteroatoms. The van der Waals surface area contributed by atoms with E-state index in [0.29, 0.717) is 29.7 Å². The van der Waals surface area contributed by atoms with E-state index in [-0.39, 0.29) is 11.3 Å². The Morgan fingerprint density at radius 1 is 1.32 bits per heavy atom. The predicted molar refractivity (Wildman–Crippen MR) is 100 cm³/mol. The fourth-order valence-corrected chi connectivity index (χ4v) is 4.23. The Morgan fingerprint density at radius 2 is 2.25 bits per heavy atom. The molecule has 3 aromatic heterocycles. The number of carbonyl (C=O) groups excluding carboxylic acids is 1. The van der Waals surface area contributed by atoms with Crippen molar-refractivity contribution >= 4 is 5.91 Å². The minimum Gasteiger partial charge on any atom is -0.472 e. The van der Waals surface area contributed by atoms with Crippen molar-refractivity contribution in [1.29, 1.82) is 0 Å². The van der Waals surface area contributed by atoms with Gasteiger partial charge < -0.3 is 13.8 Å². The summed E-state index contributed by atoms with van der Waals surface area (Å²) in [5, 5.41) is 4.36. The molecule has 3 aromatic rings. The Kier molecular flexibility index (Phi) is 4.22. The lowest BCUT2D eigenvalue weighted by Crippen LogP contribution is -2.49. The van der Waals surface area contributed by atoms with E-state index in [1.165, 1.54) is 25.4 Å². The van der Waals surface area contributed by atoms with E-state index in [2.05, 4.69) is 10.1 Å². The number of nitrogens with zero attached hydrogens (tertiary/aromatic N) is 4. The maximum Gasteiger partial charge on any atom is 0.259 e. The van der Waals surface area contributed by atoms with Crippen LogP contribution in [0.1, 0.15) is 48.3 Å². The van der Waals surface area contributed by atoms with Crippen LogP contribution in [-0.2, 0) is 5.41 Å². The highest BCUT2D eigenvalue weighted by Gasteiger charge is 2.46. The first-order valence-electron chi connectivity index (χ1n) is 9.80. The van der Waals surface area contributed by atoms with Crippen LogP contribution in [0.15, 0.2) is 52.1 Å². The van der Waals surface area contributed by atoms with Crippen molar-refractivity contribution in [1.82, 2.24) is 20.0 Å². The smallest absolute Gasteiger partial charge is 0.259 e. The highest BCUT2D eigenvalue weighted by atomic mass is 16.5. The summed E-state index contributed by atoms with van der Waals surface area (Å²) in [6, 6.07) is 5.48. The molecule has 5 rings (SSSR count). The van der Waals surface area contributed by atoms with E-state index < -0.39 is 0 Å². The summed E-state index contributed by atoms with van der Waals surface area (Å²) in [7, 11) is 0. The molecule has 144 valence electrons. The molecule has 1 atom stereocenters. The lowest BCUT2D eigenvalue weighted by atomic mass is 9.74.